The molecule has 5 nitrogen and oxygen atoms in total. The molecule has 2 N–H and O–H groups in total. The Kier molecular flexibility index (Phi) is 6.46. The summed E-state index contributed by atoms with van der Waals surface area (Å²) in [7, 11) is 0. The number of halogens is 1. The topological polar surface area (TPSA) is 71.1 Å². The van der Waals surface area contributed by atoms with Crippen LogP contribution in [0.4, 0.5) is 11.4 Å². The molecule has 2 amide bonds. The second kappa shape index (κ2) is 9.21. The fraction of sp³-hybridized carbons (Fsp3) is 0.0500. The van der Waals surface area contributed by atoms with Crippen LogP contribution in [0.3, 0.4) is 0 Å². The summed E-state index contributed by atoms with van der Waals surface area (Å²) in [6.07, 6.45) is 3.20. The van der Waals surface area contributed by atoms with Crippen molar-refractivity contribution in [1.82, 2.24) is 4.98 Å². The summed E-state index contributed by atoms with van der Waals surface area (Å²) in [5.41, 5.74) is 1.68. The van der Waals surface area contributed by atoms with E-state index in [1.165, 1.54) is 11.8 Å². The summed E-state index contributed by atoms with van der Waals surface area (Å²) < 4.78 is 0. The zero-order valence-electron chi connectivity index (χ0n) is 14.2. The van der Waals surface area contributed by atoms with Crippen LogP contribution in [-0.4, -0.2) is 22.6 Å². The minimum atomic E-state index is -0.257. The molecule has 0 radical (unpaired) electrons. The van der Waals surface area contributed by atoms with Gasteiger partial charge in [-0.3, -0.25) is 14.6 Å². The monoisotopic (exact) mass is 397 g/mol. The van der Waals surface area contributed by atoms with Crippen molar-refractivity contribution in [1.29, 1.82) is 0 Å². The molecule has 0 atom stereocenters. The molecule has 0 aliphatic rings. The van der Waals surface area contributed by atoms with Crippen LogP contribution in [0.2, 0.25) is 5.02 Å². The average molecular weight is 398 g/mol. The van der Waals surface area contributed by atoms with Gasteiger partial charge in [0.05, 0.1) is 5.75 Å². The highest BCUT2D eigenvalue weighted by Crippen LogP contribution is 2.21. The van der Waals surface area contributed by atoms with E-state index in [2.05, 4.69) is 15.6 Å². The van der Waals surface area contributed by atoms with Gasteiger partial charge in [0, 0.05) is 39.3 Å². The number of carbonyl (C=O) groups is 2. The lowest BCUT2D eigenvalue weighted by molar-refractivity contribution is -0.113. The van der Waals surface area contributed by atoms with Crippen LogP contribution < -0.4 is 10.6 Å². The lowest BCUT2D eigenvalue weighted by Crippen LogP contribution is -2.16. The van der Waals surface area contributed by atoms with Crippen LogP contribution in [0.15, 0.2) is 78.0 Å². The largest absolute Gasteiger partial charge is 0.325 e. The molecule has 2 aromatic carbocycles. The molecule has 0 spiro atoms. The first-order valence-corrected chi connectivity index (χ1v) is 9.46. The Bertz CT molecular complexity index is 933. The molecule has 27 heavy (non-hydrogen) atoms. The lowest BCUT2D eigenvalue weighted by Gasteiger charge is -2.08. The molecular formula is C20H16ClN3O2S. The van der Waals surface area contributed by atoms with Crippen molar-refractivity contribution >= 4 is 46.6 Å². The summed E-state index contributed by atoms with van der Waals surface area (Å²) in [5.74, 6) is -0.149. The fourth-order valence-electron chi connectivity index (χ4n) is 2.25. The molecule has 3 rings (SSSR count). The quantitative estimate of drug-likeness (QED) is 0.590. The number of thioether (sulfide) groups is 1. The third-order valence-electron chi connectivity index (χ3n) is 3.53. The number of carbonyl (C=O) groups excluding carboxylic acids is 2. The van der Waals surface area contributed by atoms with E-state index >= 15 is 0 Å². The van der Waals surface area contributed by atoms with Crippen molar-refractivity contribution < 1.29 is 9.59 Å². The minimum Gasteiger partial charge on any atom is -0.325 e. The SMILES string of the molecule is O=C(CSc1ccc(Cl)cc1)Nc1cccc(C(=O)Nc2ccncc2)c1. The van der Waals surface area contributed by atoms with Crippen molar-refractivity contribution in [2.45, 2.75) is 4.90 Å². The predicted molar refractivity (Wildman–Crippen MR) is 109 cm³/mol. The Hall–Kier alpha value is -2.83. The average Bonchev–Trinajstić information content (AvgIpc) is 2.68. The van der Waals surface area contributed by atoms with Crippen LogP contribution in [0.25, 0.3) is 0 Å². The van der Waals surface area contributed by atoms with Gasteiger partial charge in [-0.15, -0.1) is 11.8 Å². The molecule has 1 heterocycles. The maximum absolute atomic E-state index is 12.3. The van der Waals surface area contributed by atoms with Crippen LogP contribution in [-0.2, 0) is 4.79 Å². The summed E-state index contributed by atoms with van der Waals surface area (Å²) >= 11 is 7.26. The summed E-state index contributed by atoms with van der Waals surface area (Å²) in [4.78, 5) is 29.4. The van der Waals surface area contributed by atoms with Gasteiger partial charge in [-0.2, -0.15) is 0 Å². The van der Waals surface area contributed by atoms with Crippen molar-refractivity contribution in [3.05, 3.63) is 83.6 Å². The van der Waals surface area contributed by atoms with Gasteiger partial charge < -0.3 is 10.6 Å². The minimum absolute atomic E-state index is 0.151. The summed E-state index contributed by atoms with van der Waals surface area (Å²) in [6, 6.07) is 17.5. The first kappa shape index (κ1) is 18.9. The molecule has 0 bridgehead atoms. The number of benzene rings is 2. The van der Waals surface area contributed by atoms with Crippen molar-refractivity contribution in [2.24, 2.45) is 0 Å². The van der Waals surface area contributed by atoms with Gasteiger partial charge in [-0.05, 0) is 54.6 Å². The number of anilines is 2. The third kappa shape index (κ3) is 5.84. The molecule has 0 fully saturated rings. The van der Waals surface area contributed by atoms with Crippen LogP contribution >= 0.6 is 23.4 Å². The predicted octanol–water partition coefficient (Wildman–Crippen LogP) is 4.72. The highest BCUT2D eigenvalue weighted by atomic mass is 35.5. The van der Waals surface area contributed by atoms with Crippen molar-refractivity contribution in [3.63, 3.8) is 0 Å². The highest BCUT2D eigenvalue weighted by Gasteiger charge is 2.09. The smallest absolute Gasteiger partial charge is 0.255 e. The van der Waals surface area contributed by atoms with Crippen LogP contribution in [0, 0.1) is 0 Å². The molecule has 136 valence electrons. The van der Waals surface area contributed by atoms with E-state index < -0.39 is 0 Å². The molecular weight excluding hydrogens is 382 g/mol. The maximum atomic E-state index is 12.3. The van der Waals surface area contributed by atoms with E-state index in [0.717, 1.165) is 4.90 Å². The van der Waals surface area contributed by atoms with E-state index in [-0.39, 0.29) is 17.6 Å². The van der Waals surface area contributed by atoms with E-state index in [0.29, 0.717) is 22.0 Å². The van der Waals surface area contributed by atoms with E-state index in [1.54, 1.807) is 60.9 Å². The second-order valence-corrected chi connectivity index (χ2v) is 7.05. The number of rotatable bonds is 6. The number of pyridine rings is 1. The van der Waals surface area contributed by atoms with Gasteiger partial charge in [0.25, 0.3) is 5.91 Å². The van der Waals surface area contributed by atoms with Crippen LogP contribution in [0.1, 0.15) is 10.4 Å². The standard InChI is InChI=1S/C20H16ClN3O2S/c21-15-4-6-18(7-5-15)27-13-19(25)23-17-3-1-2-14(12-17)20(26)24-16-8-10-22-11-9-16/h1-12H,13H2,(H,23,25)(H,22,24,26). The summed E-state index contributed by atoms with van der Waals surface area (Å²) in [6.45, 7) is 0. The van der Waals surface area contributed by atoms with Gasteiger partial charge in [0.1, 0.15) is 0 Å². The molecule has 7 heteroatoms. The van der Waals surface area contributed by atoms with E-state index in [4.69, 9.17) is 11.6 Å². The Labute approximate surface area is 166 Å². The van der Waals surface area contributed by atoms with Crippen molar-refractivity contribution in [3.8, 4) is 0 Å². The van der Waals surface area contributed by atoms with Gasteiger partial charge in [0.2, 0.25) is 5.91 Å². The van der Waals surface area contributed by atoms with Gasteiger partial charge in [0.15, 0.2) is 0 Å². The number of aromatic nitrogens is 1. The van der Waals surface area contributed by atoms with E-state index in [9.17, 15) is 9.59 Å². The molecule has 1 aromatic heterocycles. The fourth-order valence-corrected chi connectivity index (χ4v) is 3.08. The molecule has 3 aromatic rings. The number of nitrogens with one attached hydrogen (secondary N) is 2. The van der Waals surface area contributed by atoms with Crippen molar-refractivity contribution in [2.75, 3.05) is 16.4 Å². The Morgan fingerprint density at radius 2 is 1.67 bits per heavy atom. The number of hydrogen-bond donors (Lipinski definition) is 2. The zero-order valence-corrected chi connectivity index (χ0v) is 15.8. The Morgan fingerprint density at radius 1 is 0.926 bits per heavy atom. The first-order valence-electron chi connectivity index (χ1n) is 8.10. The maximum Gasteiger partial charge on any atom is 0.255 e. The molecule has 0 saturated heterocycles. The highest BCUT2D eigenvalue weighted by molar-refractivity contribution is 8.00. The van der Waals surface area contributed by atoms with Gasteiger partial charge in [-0.1, -0.05) is 17.7 Å². The van der Waals surface area contributed by atoms with Gasteiger partial charge in [-0.25, -0.2) is 0 Å². The third-order valence-corrected chi connectivity index (χ3v) is 4.79. The number of amides is 2. The zero-order chi connectivity index (χ0) is 19.1. The number of hydrogen-bond acceptors (Lipinski definition) is 4. The normalized spacial score (nSPS) is 10.3. The number of nitrogens with zero attached hydrogens (tertiary/aromatic N) is 1. The Morgan fingerprint density at radius 3 is 2.41 bits per heavy atom. The van der Waals surface area contributed by atoms with Gasteiger partial charge >= 0.3 is 0 Å². The molecule has 0 unspecified atom stereocenters. The molecule has 0 aliphatic heterocycles. The molecule has 0 aliphatic carbocycles. The molecule has 0 saturated carbocycles. The lowest BCUT2D eigenvalue weighted by atomic mass is 10.2. The van der Waals surface area contributed by atoms with Crippen LogP contribution in [0.5, 0.6) is 0 Å². The Balaban J connectivity index is 1.57. The first-order chi connectivity index (χ1) is 13.1. The van der Waals surface area contributed by atoms with E-state index in [1.807, 2.05) is 12.1 Å². The summed E-state index contributed by atoms with van der Waals surface area (Å²) in [5, 5.41) is 6.25. The second-order valence-electron chi connectivity index (χ2n) is 5.56.